The number of amides is 1. The van der Waals surface area contributed by atoms with Gasteiger partial charge >= 0.3 is 0 Å². The average molecular weight is 295 g/mol. The van der Waals surface area contributed by atoms with E-state index in [0.29, 0.717) is 16.5 Å². The van der Waals surface area contributed by atoms with Crippen LogP contribution in [0.5, 0.6) is 0 Å². The summed E-state index contributed by atoms with van der Waals surface area (Å²) in [7, 11) is 0. The Morgan fingerprint density at radius 3 is 2.85 bits per heavy atom. The maximum Gasteiger partial charge on any atom is 0.291 e. The number of aromatic nitrogens is 3. The predicted molar refractivity (Wildman–Crippen MR) is 75.1 cm³/mol. The molecule has 1 amide bonds. The number of para-hydroxylation sites is 1. The second kappa shape index (κ2) is 6.02. The summed E-state index contributed by atoms with van der Waals surface area (Å²) in [5.41, 5.74) is 0.661. The van der Waals surface area contributed by atoms with E-state index in [4.69, 9.17) is 16.7 Å². The van der Waals surface area contributed by atoms with Crippen molar-refractivity contribution in [3.8, 4) is 5.69 Å². The Kier molecular flexibility index (Phi) is 4.36. The van der Waals surface area contributed by atoms with Gasteiger partial charge in [-0.25, -0.2) is 9.67 Å². The molecule has 0 bridgehead atoms. The summed E-state index contributed by atoms with van der Waals surface area (Å²) in [6, 6.07) is 6.83. The van der Waals surface area contributed by atoms with Crippen molar-refractivity contribution in [2.75, 3.05) is 6.61 Å². The molecule has 0 aliphatic heterocycles. The maximum atomic E-state index is 11.9. The minimum Gasteiger partial charge on any atom is -0.394 e. The predicted octanol–water partition coefficient (Wildman–Crippen LogP) is 1.34. The van der Waals surface area contributed by atoms with E-state index in [2.05, 4.69) is 15.4 Å². The molecule has 6 nitrogen and oxygen atoms in total. The van der Waals surface area contributed by atoms with Gasteiger partial charge in [0, 0.05) is 6.04 Å². The second-order valence-corrected chi connectivity index (χ2v) is 4.81. The van der Waals surface area contributed by atoms with Gasteiger partial charge in [0.05, 0.1) is 17.3 Å². The first-order chi connectivity index (χ1) is 9.52. The molecule has 1 aromatic heterocycles. The lowest BCUT2D eigenvalue weighted by molar-refractivity contribution is 0.0912. The molecule has 1 heterocycles. The van der Waals surface area contributed by atoms with E-state index in [0.717, 1.165) is 0 Å². The maximum absolute atomic E-state index is 11.9. The van der Waals surface area contributed by atoms with Crippen molar-refractivity contribution in [1.82, 2.24) is 20.1 Å². The van der Waals surface area contributed by atoms with Gasteiger partial charge in [0.25, 0.3) is 5.91 Å². The van der Waals surface area contributed by atoms with Crippen LogP contribution >= 0.6 is 11.6 Å². The van der Waals surface area contributed by atoms with Crippen LogP contribution in [-0.2, 0) is 0 Å². The molecule has 0 spiro atoms. The first-order valence-corrected chi connectivity index (χ1v) is 6.51. The van der Waals surface area contributed by atoms with Crippen LogP contribution in [0.3, 0.4) is 0 Å². The van der Waals surface area contributed by atoms with E-state index >= 15 is 0 Å². The van der Waals surface area contributed by atoms with Crippen molar-refractivity contribution in [2.24, 2.45) is 0 Å². The number of hydrogen-bond donors (Lipinski definition) is 2. The SMILES string of the molecule is Cc1nc(C(=O)NC(C)CO)nn1-c1ccccc1Cl. The standard InChI is InChI=1S/C13H15ClN4O2/c1-8(7-19)15-13(20)12-16-9(2)18(17-12)11-6-4-3-5-10(11)14/h3-6,8,19H,7H2,1-2H3,(H,15,20). The molecule has 0 radical (unpaired) electrons. The molecule has 2 rings (SSSR count). The van der Waals surface area contributed by atoms with E-state index in [-0.39, 0.29) is 18.5 Å². The van der Waals surface area contributed by atoms with E-state index in [1.165, 1.54) is 4.68 Å². The summed E-state index contributed by atoms with van der Waals surface area (Å²) < 4.78 is 1.51. The Labute approximate surface area is 121 Å². The molecule has 0 aliphatic rings. The van der Waals surface area contributed by atoms with E-state index in [1.807, 2.05) is 12.1 Å². The number of carbonyl (C=O) groups excluding carboxylic acids is 1. The highest BCUT2D eigenvalue weighted by molar-refractivity contribution is 6.32. The zero-order valence-electron chi connectivity index (χ0n) is 11.2. The number of benzene rings is 1. The number of aliphatic hydroxyl groups is 1. The third-order valence-corrected chi connectivity index (χ3v) is 3.02. The number of rotatable bonds is 4. The molecular formula is C13H15ClN4O2. The Hall–Kier alpha value is -1.92. The van der Waals surface area contributed by atoms with Crippen molar-refractivity contribution in [3.05, 3.63) is 40.9 Å². The van der Waals surface area contributed by atoms with E-state index < -0.39 is 5.91 Å². The van der Waals surface area contributed by atoms with Gasteiger partial charge in [-0.15, -0.1) is 5.10 Å². The number of aliphatic hydroxyl groups excluding tert-OH is 1. The van der Waals surface area contributed by atoms with Crippen LogP contribution < -0.4 is 5.32 Å². The number of nitrogens with zero attached hydrogens (tertiary/aromatic N) is 3. The molecule has 0 saturated carbocycles. The Morgan fingerprint density at radius 2 is 2.20 bits per heavy atom. The molecule has 106 valence electrons. The second-order valence-electron chi connectivity index (χ2n) is 4.40. The number of hydrogen-bond acceptors (Lipinski definition) is 4. The fraction of sp³-hybridized carbons (Fsp3) is 0.308. The molecule has 0 aliphatic carbocycles. The largest absolute Gasteiger partial charge is 0.394 e. The van der Waals surface area contributed by atoms with Crippen molar-refractivity contribution in [3.63, 3.8) is 0 Å². The van der Waals surface area contributed by atoms with Crippen molar-refractivity contribution in [1.29, 1.82) is 0 Å². The molecule has 7 heteroatoms. The normalized spacial score (nSPS) is 12.2. The minimum absolute atomic E-state index is 0.0442. The molecule has 2 aromatic rings. The lowest BCUT2D eigenvalue weighted by Gasteiger charge is -2.08. The number of carbonyl (C=O) groups is 1. The Balaban J connectivity index is 2.31. The van der Waals surface area contributed by atoms with E-state index in [9.17, 15) is 4.79 Å². The third-order valence-electron chi connectivity index (χ3n) is 2.70. The monoisotopic (exact) mass is 294 g/mol. The molecule has 1 atom stereocenters. The zero-order chi connectivity index (χ0) is 14.7. The van der Waals surface area contributed by atoms with E-state index in [1.54, 1.807) is 26.0 Å². The van der Waals surface area contributed by atoms with Crippen molar-refractivity contribution < 1.29 is 9.90 Å². The van der Waals surface area contributed by atoms with Gasteiger partial charge in [0.1, 0.15) is 5.82 Å². The Bertz CT molecular complexity index is 627. The van der Waals surface area contributed by atoms with Crippen LogP contribution in [0.15, 0.2) is 24.3 Å². The first-order valence-electron chi connectivity index (χ1n) is 6.13. The summed E-state index contributed by atoms with van der Waals surface area (Å²) in [6.45, 7) is 3.29. The van der Waals surface area contributed by atoms with Gasteiger partial charge in [-0.3, -0.25) is 4.79 Å². The molecule has 0 saturated heterocycles. The molecular weight excluding hydrogens is 280 g/mol. The Morgan fingerprint density at radius 1 is 1.50 bits per heavy atom. The molecule has 2 N–H and O–H groups in total. The number of halogens is 1. The van der Waals surface area contributed by atoms with Gasteiger partial charge in [-0.2, -0.15) is 0 Å². The van der Waals surface area contributed by atoms with Gasteiger partial charge in [-0.1, -0.05) is 23.7 Å². The summed E-state index contributed by atoms with van der Waals surface area (Å²) in [6.07, 6.45) is 0. The lowest BCUT2D eigenvalue weighted by Crippen LogP contribution is -2.35. The highest BCUT2D eigenvalue weighted by Gasteiger charge is 2.17. The minimum atomic E-state index is -0.430. The summed E-state index contributed by atoms with van der Waals surface area (Å²) in [5, 5.41) is 16.2. The van der Waals surface area contributed by atoms with Crippen LogP contribution in [0.25, 0.3) is 5.69 Å². The quantitative estimate of drug-likeness (QED) is 0.892. The highest BCUT2D eigenvalue weighted by atomic mass is 35.5. The highest BCUT2D eigenvalue weighted by Crippen LogP contribution is 2.20. The first kappa shape index (κ1) is 14.5. The third kappa shape index (κ3) is 2.97. The van der Waals surface area contributed by atoms with Gasteiger partial charge in [0.2, 0.25) is 5.82 Å². The van der Waals surface area contributed by atoms with Crippen LogP contribution in [0.2, 0.25) is 5.02 Å². The number of aryl methyl sites for hydroxylation is 1. The topological polar surface area (TPSA) is 80.0 Å². The summed E-state index contributed by atoms with van der Waals surface area (Å²) >= 11 is 6.10. The van der Waals surface area contributed by atoms with Crippen LogP contribution in [-0.4, -0.2) is 38.4 Å². The fourth-order valence-electron chi connectivity index (χ4n) is 1.67. The molecule has 1 aromatic carbocycles. The summed E-state index contributed by atoms with van der Waals surface area (Å²) in [5.74, 6) is 0.170. The van der Waals surface area contributed by atoms with Gasteiger partial charge in [-0.05, 0) is 26.0 Å². The molecule has 20 heavy (non-hydrogen) atoms. The molecule has 1 unspecified atom stereocenters. The fourth-order valence-corrected chi connectivity index (χ4v) is 1.89. The average Bonchev–Trinajstić information content (AvgIpc) is 2.81. The van der Waals surface area contributed by atoms with Crippen molar-refractivity contribution in [2.45, 2.75) is 19.9 Å². The number of nitrogens with one attached hydrogen (secondary N) is 1. The summed E-state index contributed by atoms with van der Waals surface area (Å²) in [4.78, 5) is 16.0. The zero-order valence-corrected chi connectivity index (χ0v) is 11.9. The van der Waals surface area contributed by atoms with Crippen LogP contribution in [0, 0.1) is 6.92 Å². The lowest BCUT2D eigenvalue weighted by atomic mass is 10.3. The van der Waals surface area contributed by atoms with Gasteiger partial charge in [0.15, 0.2) is 0 Å². The van der Waals surface area contributed by atoms with Gasteiger partial charge < -0.3 is 10.4 Å². The van der Waals surface area contributed by atoms with Crippen molar-refractivity contribution >= 4 is 17.5 Å². The van der Waals surface area contributed by atoms with Crippen LogP contribution in [0.4, 0.5) is 0 Å². The van der Waals surface area contributed by atoms with Crippen LogP contribution in [0.1, 0.15) is 23.4 Å². The molecule has 0 fully saturated rings. The smallest absolute Gasteiger partial charge is 0.291 e.